The minimum Gasteiger partial charge on any atom is -0.396 e. The van der Waals surface area contributed by atoms with Gasteiger partial charge in [-0.05, 0) is 50.6 Å². The summed E-state index contributed by atoms with van der Waals surface area (Å²) in [5.41, 5.74) is 0.821. The number of rotatable bonds is 3. The van der Waals surface area contributed by atoms with Crippen LogP contribution in [-0.4, -0.2) is 82.6 Å². The fraction of sp³-hybridized carbons (Fsp3) is 0.800. The molecule has 1 atom stereocenters. The Bertz CT molecular complexity index is 647. The molecule has 0 saturated carbocycles. The van der Waals surface area contributed by atoms with Crippen LogP contribution >= 0.6 is 0 Å². The van der Waals surface area contributed by atoms with Crippen LogP contribution in [0.4, 0.5) is 0 Å². The third kappa shape index (κ3) is 3.77. The van der Waals surface area contributed by atoms with Crippen molar-refractivity contribution in [1.29, 1.82) is 0 Å². The SMILES string of the molecule is Cn1cc(C(=O)N2CCC3(CCN(C4CCOCC4)CC3)[C@H](CO)C2)cn1. The number of nitrogens with zero attached hydrogens (tertiary/aromatic N) is 4. The van der Waals surface area contributed by atoms with Crippen LogP contribution in [0.25, 0.3) is 0 Å². The van der Waals surface area contributed by atoms with Crippen molar-refractivity contribution in [1.82, 2.24) is 19.6 Å². The van der Waals surface area contributed by atoms with E-state index in [4.69, 9.17) is 4.74 Å². The molecular formula is C20H32N4O3. The van der Waals surface area contributed by atoms with E-state index in [1.807, 2.05) is 11.9 Å². The Morgan fingerprint density at radius 1 is 1.26 bits per heavy atom. The molecule has 1 N–H and O–H groups in total. The van der Waals surface area contributed by atoms with E-state index in [0.717, 1.165) is 65.0 Å². The Kier molecular flexibility index (Phi) is 5.53. The molecule has 1 amide bonds. The van der Waals surface area contributed by atoms with E-state index in [1.54, 1.807) is 17.1 Å². The fourth-order valence-electron chi connectivity index (χ4n) is 5.31. The van der Waals surface area contributed by atoms with Crippen LogP contribution < -0.4 is 0 Å². The number of aliphatic hydroxyl groups is 1. The first-order valence-electron chi connectivity index (χ1n) is 10.3. The Labute approximate surface area is 161 Å². The van der Waals surface area contributed by atoms with Gasteiger partial charge in [-0.2, -0.15) is 5.10 Å². The molecule has 1 aromatic rings. The van der Waals surface area contributed by atoms with E-state index in [1.165, 1.54) is 0 Å². The standard InChI is InChI=1S/C20H32N4O3/c1-22-13-16(12-21-22)19(26)24-9-6-20(17(14-24)15-25)4-7-23(8-5-20)18-2-10-27-11-3-18/h12-13,17-18,25H,2-11,14-15H2,1H3/t17-/m0/s1. The topological polar surface area (TPSA) is 70.8 Å². The number of carbonyl (C=O) groups excluding carboxylic acids is 1. The average molecular weight is 377 g/mol. The van der Waals surface area contributed by atoms with Crippen molar-refractivity contribution in [2.45, 2.75) is 38.1 Å². The maximum absolute atomic E-state index is 12.8. The van der Waals surface area contributed by atoms with Gasteiger partial charge in [-0.15, -0.1) is 0 Å². The lowest BCUT2D eigenvalue weighted by Gasteiger charge is -2.52. The summed E-state index contributed by atoms with van der Waals surface area (Å²) >= 11 is 0. The lowest BCUT2D eigenvalue weighted by atomic mass is 9.64. The second-order valence-electron chi connectivity index (χ2n) is 8.53. The van der Waals surface area contributed by atoms with Gasteiger partial charge < -0.3 is 19.6 Å². The molecule has 0 radical (unpaired) electrons. The second kappa shape index (κ2) is 7.89. The van der Waals surface area contributed by atoms with Gasteiger partial charge in [0.15, 0.2) is 0 Å². The average Bonchev–Trinajstić information content (AvgIpc) is 3.15. The summed E-state index contributed by atoms with van der Waals surface area (Å²) < 4.78 is 7.16. The normalized spacial score (nSPS) is 27.2. The molecule has 7 heteroatoms. The van der Waals surface area contributed by atoms with E-state index in [-0.39, 0.29) is 23.8 Å². The van der Waals surface area contributed by atoms with E-state index in [2.05, 4.69) is 10.00 Å². The molecule has 1 spiro atoms. The third-order valence-electron chi connectivity index (χ3n) is 7.15. The largest absolute Gasteiger partial charge is 0.396 e. The summed E-state index contributed by atoms with van der Waals surface area (Å²) in [5, 5.41) is 14.2. The maximum atomic E-state index is 12.8. The zero-order valence-electron chi connectivity index (χ0n) is 16.3. The smallest absolute Gasteiger partial charge is 0.257 e. The number of ether oxygens (including phenoxy) is 1. The third-order valence-corrected chi connectivity index (χ3v) is 7.15. The van der Waals surface area contributed by atoms with Crippen LogP contribution in [0.3, 0.4) is 0 Å². The molecule has 7 nitrogen and oxygen atoms in total. The Morgan fingerprint density at radius 3 is 2.59 bits per heavy atom. The Hall–Kier alpha value is -1.44. The minimum atomic E-state index is 0.0380. The molecule has 0 aliphatic carbocycles. The molecule has 27 heavy (non-hydrogen) atoms. The highest BCUT2D eigenvalue weighted by Crippen LogP contribution is 2.46. The molecule has 4 rings (SSSR count). The van der Waals surface area contributed by atoms with Crippen LogP contribution in [0.5, 0.6) is 0 Å². The maximum Gasteiger partial charge on any atom is 0.257 e. The predicted octanol–water partition coefficient (Wildman–Crippen LogP) is 1.14. The fourth-order valence-corrected chi connectivity index (χ4v) is 5.31. The van der Waals surface area contributed by atoms with Gasteiger partial charge in [0.25, 0.3) is 5.91 Å². The summed E-state index contributed by atoms with van der Waals surface area (Å²) in [6.07, 6.45) is 8.94. The molecular weight excluding hydrogens is 344 g/mol. The van der Waals surface area contributed by atoms with Crippen molar-refractivity contribution in [2.24, 2.45) is 18.4 Å². The van der Waals surface area contributed by atoms with Crippen molar-refractivity contribution < 1.29 is 14.6 Å². The number of piperidine rings is 2. The zero-order valence-corrected chi connectivity index (χ0v) is 16.3. The summed E-state index contributed by atoms with van der Waals surface area (Å²) in [4.78, 5) is 17.3. The van der Waals surface area contributed by atoms with Crippen LogP contribution in [-0.2, 0) is 11.8 Å². The lowest BCUT2D eigenvalue weighted by molar-refractivity contribution is -0.0531. The molecule has 3 fully saturated rings. The number of carbonyl (C=O) groups is 1. The number of aliphatic hydroxyl groups excluding tert-OH is 1. The van der Waals surface area contributed by atoms with Gasteiger partial charge in [0.05, 0.1) is 11.8 Å². The van der Waals surface area contributed by atoms with Gasteiger partial charge in [-0.25, -0.2) is 0 Å². The van der Waals surface area contributed by atoms with Crippen molar-refractivity contribution in [3.63, 3.8) is 0 Å². The van der Waals surface area contributed by atoms with E-state index in [9.17, 15) is 9.90 Å². The zero-order chi connectivity index (χ0) is 18.9. The predicted molar refractivity (Wildman–Crippen MR) is 101 cm³/mol. The quantitative estimate of drug-likeness (QED) is 0.857. The first-order valence-corrected chi connectivity index (χ1v) is 10.3. The first-order chi connectivity index (χ1) is 13.1. The first kappa shape index (κ1) is 18.9. The van der Waals surface area contributed by atoms with Gasteiger partial charge in [0.2, 0.25) is 0 Å². The summed E-state index contributed by atoms with van der Waals surface area (Å²) in [7, 11) is 1.82. The number of hydrogen-bond donors (Lipinski definition) is 1. The molecule has 0 aromatic carbocycles. The highest BCUT2D eigenvalue weighted by atomic mass is 16.5. The molecule has 150 valence electrons. The van der Waals surface area contributed by atoms with Gasteiger partial charge in [0.1, 0.15) is 0 Å². The van der Waals surface area contributed by atoms with Crippen molar-refractivity contribution in [3.05, 3.63) is 18.0 Å². The van der Waals surface area contributed by atoms with E-state index in [0.29, 0.717) is 18.2 Å². The van der Waals surface area contributed by atoms with Crippen LogP contribution in [0.1, 0.15) is 42.5 Å². The Balaban J connectivity index is 1.38. The monoisotopic (exact) mass is 376 g/mol. The lowest BCUT2D eigenvalue weighted by Crippen LogP contribution is -2.56. The molecule has 4 heterocycles. The van der Waals surface area contributed by atoms with Gasteiger partial charge in [-0.1, -0.05) is 0 Å². The number of hydrogen-bond acceptors (Lipinski definition) is 5. The highest BCUT2D eigenvalue weighted by molar-refractivity contribution is 5.93. The van der Waals surface area contributed by atoms with Gasteiger partial charge in [0, 0.05) is 58.1 Å². The van der Waals surface area contributed by atoms with Crippen LogP contribution in [0.15, 0.2) is 12.4 Å². The van der Waals surface area contributed by atoms with Crippen LogP contribution in [0.2, 0.25) is 0 Å². The molecule has 3 aliphatic heterocycles. The number of aromatic nitrogens is 2. The van der Waals surface area contributed by atoms with E-state index < -0.39 is 0 Å². The molecule has 3 aliphatic rings. The second-order valence-corrected chi connectivity index (χ2v) is 8.53. The number of amides is 1. The van der Waals surface area contributed by atoms with Crippen molar-refractivity contribution in [2.75, 3.05) is 46.0 Å². The molecule has 0 bridgehead atoms. The molecule has 0 unspecified atom stereocenters. The van der Waals surface area contributed by atoms with Gasteiger partial charge >= 0.3 is 0 Å². The van der Waals surface area contributed by atoms with Crippen LogP contribution in [0, 0.1) is 11.3 Å². The van der Waals surface area contributed by atoms with Crippen molar-refractivity contribution >= 4 is 5.91 Å². The number of aryl methyl sites for hydroxylation is 1. The molecule has 1 aromatic heterocycles. The minimum absolute atomic E-state index is 0.0380. The summed E-state index contributed by atoms with van der Waals surface area (Å²) in [5.74, 6) is 0.208. The highest BCUT2D eigenvalue weighted by Gasteiger charge is 2.46. The molecule has 3 saturated heterocycles. The summed E-state index contributed by atoms with van der Waals surface area (Å²) in [6, 6.07) is 0.663. The number of likely N-dealkylation sites (tertiary alicyclic amines) is 2. The van der Waals surface area contributed by atoms with Crippen molar-refractivity contribution in [3.8, 4) is 0 Å². The Morgan fingerprint density at radius 2 is 1.96 bits per heavy atom. The van der Waals surface area contributed by atoms with E-state index >= 15 is 0 Å². The van der Waals surface area contributed by atoms with Gasteiger partial charge in [-0.3, -0.25) is 9.48 Å². The summed E-state index contributed by atoms with van der Waals surface area (Å²) in [6.45, 7) is 5.58.